The number of carboxylic acid groups (broad SMARTS) is 1. The molecule has 0 saturated heterocycles. The van der Waals surface area contributed by atoms with Crippen LogP contribution in [0.3, 0.4) is 0 Å². The third-order valence-electron chi connectivity index (χ3n) is 2.43. The SMILES string of the molecule is CCC(C)[C@H](N)C(=O)NCCCC(=O)O. The Bertz CT molecular complexity index is 219. The number of carbonyl (C=O) groups excluding carboxylic acids is 1. The second kappa shape index (κ2) is 7.23. The van der Waals surface area contributed by atoms with Crippen LogP contribution >= 0.6 is 0 Å². The summed E-state index contributed by atoms with van der Waals surface area (Å²) in [4.78, 5) is 21.6. The summed E-state index contributed by atoms with van der Waals surface area (Å²) in [5, 5.41) is 11.0. The van der Waals surface area contributed by atoms with E-state index in [-0.39, 0.29) is 18.2 Å². The van der Waals surface area contributed by atoms with E-state index in [1.54, 1.807) is 0 Å². The maximum absolute atomic E-state index is 11.4. The van der Waals surface area contributed by atoms with Crippen molar-refractivity contribution >= 4 is 11.9 Å². The molecule has 0 rings (SSSR count). The van der Waals surface area contributed by atoms with Gasteiger partial charge in [-0.05, 0) is 12.3 Å². The van der Waals surface area contributed by atoms with Gasteiger partial charge in [0.05, 0.1) is 6.04 Å². The Hall–Kier alpha value is -1.10. The van der Waals surface area contributed by atoms with Gasteiger partial charge in [-0.2, -0.15) is 0 Å². The standard InChI is InChI=1S/C10H20N2O3/c1-3-7(2)9(11)10(15)12-6-4-5-8(13)14/h7,9H,3-6,11H2,1-2H3,(H,12,15)(H,13,14)/t7?,9-/m0/s1. The van der Waals surface area contributed by atoms with E-state index in [2.05, 4.69) is 5.32 Å². The quantitative estimate of drug-likeness (QED) is 0.535. The number of carboxylic acids is 1. The van der Waals surface area contributed by atoms with Gasteiger partial charge in [0, 0.05) is 13.0 Å². The van der Waals surface area contributed by atoms with E-state index in [0.717, 1.165) is 6.42 Å². The molecule has 0 spiro atoms. The normalized spacial score (nSPS) is 14.3. The third kappa shape index (κ3) is 6.06. The highest BCUT2D eigenvalue weighted by molar-refractivity contribution is 5.81. The van der Waals surface area contributed by atoms with Gasteiger partial charge in [0.15, 0.2) is 0 Å². The number of carbonyl (C=O) groups is 2. The lowest BCUT2D eigenvalue weighted by molar-refractivity contribution is -0.137. The first-order chi connectivity index (χ1) is 6.99. The molecule has 88 valence electrons. The van der Waals surface area contributed by atoms with Gasteiger partial charge in [-0.1, -0.05) is 20.3 Å². The van der Waals surface area contributed by atoms with Crippen LogP contribution in [-0.2, 0) is 9.59 Å². The van der Waals surface area contributed by atoms with Crippen molar-refractivity contribution in [2.24, 2.45) is 11.7 Å². The third-order valence-corrected chi connectivity index (χ3v) is 2.43. The van der Waals surface area contributed by atoms with Gasteiger partial charge in [0.1, 0.15) is 0 Å². The van der Waals surface area contributed by atoms with Crippen molar-refractivity contribution in [3.05, 3.63) is 0 Å². The van der Waals surface area contributed by atoms with Gasteiger partial charge >= 0.3 is 5.97 Å². The Labute approximate surface area is 90.0 Å². The highest BCUT2D eigenvalue weighted by Gasteiger charge is 2.18. The first-order valence-corrected chi connectivity index (χ1v) is 5.24. The van der Waals surface area contributed by atoms with Gasteiger partial charge in [-0.25, -0.2) is 0 Å². The molecular weight excluding hydrogens is 196 g/mol. The summed E-state index contributed by atoms with van der Waals surface area (Å²) in [5.74, 6) is -0.908. The van der Waals surface area contributed by atoms with E-state index in [4.69, 9.17) is 10.8 Å². The van der Waals surface area contributed by atoms with E-state index in [1.165, 1.54) is 0 Å². The monoisotopic (exact) mass is 216 g/mol. The molecule has 1 amide bonds. The van der Waals surface area contributed by atoms with Gasteiger partial charge in [0.2, 0.25) is 5.91 Å². The highest BCUT2D eigenvalue weighted by atomic mass is 16.4. The molecule has 0 fully saturated rings. The summed E-state index contributed by atoms with van der Waals surface area (Å²) in [6, 6.07) is -0.500. The fourth-order valence-corrected chi connectivity index (χ4v) is 1.08. The minimum absolute atomic E-state index is 0.0683. The Balaban J connectivity index is 3.69. The lowest BCUT2D eigenvalue weighted by Crippen LogP contribution is -2.44. The molecule has 0 radical (unpaired) electrons. The lowest BCUT2D eigenvalue weighted by atomic mass is 9.99. The molecule has 0 saturated carbocycles. The van der Waals surface area contributed by atoms with Crippen molar-refractivity contribution in [3.8, 4) is 0 Å². The summed E-state index contributed by atoms with van der Waals surface area (Å²) < 4.78 is 0. The number of nitrogens with one attached hydrogen (secondary N) is 1. The summed E-state index contributed by atoms with van der Waals surface area (Å²) in [7, 11) is 0. The van der Waals surface area contributed by atoms with E-state index in [0.29, 0.717) is 13.0 Å². The Morgan fingerprint density at radius 2 is 2.07 bits per heavy atom. The van der Waals surface area contributed by atoms with Crippen LogP contribution in [0.1, 0.15) is 33.1 Å². The van der Waals surface area contributed by atoms with Crippen molar-refractivity contribution in [2.75, 3.05) is 6.54 Å². The summed E-state index contributed by atoms with van der Waals surface area (Å²) >= 11 is 0. The molecule has 5 nitrogen and oxygen atoms in total. The highest BCUT2D eigenvalue weighted by Crippen LogP contribution is 2.04. The molecule has 0 aliphatic carbocycles. The molecule has 0 aliphatic heterocycles. The molecule has 15 heavy (non-hydrogen) atoms. The van der Waals surface area contributed by atoms with Gasteiger partial charge < -0.3 is 16.2 Å². The van der Waals surface area contributed by atoms with Crippen molar-refractivity contribution in [2.45, 2.75) is 39.2 Å². The molecule has 1 unspecified atom stereocenters. The van der Waals surface area contributed by atoms with Crippen LogP contribution < -0.4 is 11.1 Å². The zero-order chi connectivity index (χ0) is 11.8. The predicted octanol–water partition coefficient (Wildman–Crippen LogP) is 0.341. The van der Waals surface area contributed by atoms with Gasteiger partial charge in [-0.3, -0.25) is 9.59 Å². The van der Waals surface area contributed by atoms with Crippen LogP contribution in [0.4, 0.5) is 0 Å². The van der Waals surface area contributed by atoms with Crippen molar-refractivity contribution in [1.29, 1.82) is 0 Å². The summed E-state index contributed by atoms with van der Waals surface area (Å²) in [5.41, 5.74) is 5.68. The number of nitrogens with two attached hydrogens (primary N) is 1. The summed E-state index contributed by atoms with van der Waals surface area (Å²) in [6.07, 6.45) is 1.36. The zero-order valence-electron chi connectivity index (χ0n) is 9.32. The Morgan fingerprint density at radius 1 is 1.47 bits per heavy atom. The zero-order valence-corrected chi connectivity index (χ0v) is 9.32. The van der Waals surface area contributed by atoms with Crippen molar-refractivity contribution in [3.63, 3.8) is 0 Å². The molecule has 0 aromatic heterocycles. The minimum Gasteiger partial charge on any atom is -0.481 e. The fourth-order valence-electron chi connectivity index (χ4n) is 1.08. The first-order valence-electron chi connectivity index (χ1n) is 5.24. The number of aliphatic carboxylic acids is 1. The van der Waals surface area contributed by atoms with Gasteiger partial charge in [-0.15, -0.1) is 0 Å². The van der Waals surface area contributed by atoms with Crippen LogP contribution in [0.5, 0.6) is 0 Å². The van der Waals surface area contributed by atoms with E-state index < -0.39 is 12.0 Å². The largest absolute Gasteiger partial charge is 0.481 e. The van der Waals surface area contributed by atoms with Crippen LogP contribution in [0.15, 0.2) is 0 Å². The van der Waals surface area contributed by atoms with Crippen LogP contribution in [-0.4, -0.2) is 29.6 Å². The second-order valence-corrected chi connectivity index (χ2v) is 3.70. The number of amides is 1. The van der Waals surface area contributed by atoms with Crippen molar-refractivity contribution in [1.82, 2.24) is 5.32 Å². The lowest BCUT2D eigenvalue weighted by Gasteiger charge is -2.17. The average Bonchev–Trinajstić information content (AvgIpc) is 2.21. The predicted molar refractivity (Wildman–Crippen MR) is 57.3 cm³/mol. The van der Waals surface area contributed by atoms with Crippen LogP contribution in [0.25, 0.3) is 0 Å². The molecule has 0 heterocycles. The maximum atomic E-state index is 11.4. The van der Waals surface area contributed by atoms with Gasteiger partial charge in [0.25, 0.3) is 0 Å². The van der Waals surface area contributed by atoms with Crippen molar-refractivity contribution < 1.29 is 14.7 Å². The van der Waals surface area contributed by atoms with Crippen LogP contribution in [0, 0.1) is 5.92 Å². The average molecular weight is 216 g/mol. The summed E-state index contributed by atoms with van der Waals surface area (Å²) in [6.45, 7) is 4.26. The van der Waals surface area contributed by atoms with E-state index >= 15 is 0 Å². The minimum atomic E-state index is -0.851. The molecule has 2 atom stereocenters. The van der Waals surface area contributed by atoms with Crippen LogP contribution in [0.2, 0.25) is 0 Å². The number of rotatable bonds is 7. The molecule has 4 N–H and O–H groups in total. The Morgan fingerprint density at radius 3 is 2.53 bits per heavy atom. The Kier molecular flexibility index (Phi) is 6.70. The number of hydrogen-bond donors (Lipinski definition) is 3. The molecule has 0 bridgehead atoms. The smallest absolute Gasteiger partial charge is 0.303 e. The molecule has 0 aromatic rings. The molecular formula is C10H20N2O3. The maximum Gasteiger partial charge on any atom is 0.303 e. The molecule has 0 aromatic carbocycles. The first kappa shape index (κ1) is 13.9. The molecule has 5 heteroatoms. The van der Waals surface area contributed by atoms with E-state index in [9.17, 15) is 9.59 Å². The fraction of sp³-hybridized carbons (Fsp3) is 0.800. The molecule has 0 aliphatic rings. The number of hydrogen-bond acceptors (Lipinski definition) is 3. The van der Waals surface area contributed by atoms with E-state index in [1.807, 2.05) is 13.8 Å². The topological polar surface area (TPSA) is 92.4 Å². The second-order valence-electron chi connectivity index (χ2n) is 3.70.